The van der Waals surface area contributed by atoms with E-state index in [0.717, 1.165) is 31.5 Å². The molecule has 0 radical (unpaired) electrons. The highest BCUT2D eigenvalue weighted by molar-refractivity contribution is 5.92. The molecule has 25 heavy (non-hydrogen) atoms. The van der Waals surface area contributed by atoms with E-state index in [1.54, 1.807) is 6.07 Å². The summed E-state index contributed by atoms with van der Waals surface area (Å²) in [5.41, 5.74) is 2.90. The minimum Gasteiger partial charge on any atom is -0.350 e. The number of carbonyl (C=O) groups is 1. The molecule has 1 fully saturated rings. The van der Waals surface area contributed by atoms with Crippen LogP contribution in [0.25, 0.3) is 11.3 Å². The molecule has 0 saturated carbocycles. The number of pyridine rings is 1. The van der Waals surface area contributed by atoms with Gasteiger partial charge in [0.25, 0.3) is 5.91 Å². The van der Waals surface area contributed by atoms with E-state index in [9.17, 15) is 4.79 Å². The van der Waals surface area contributed by atoms with Crippen molar-refractivity contribution in [3.8, 4) is 11.3 Å². The molecule has 3 aromatic rings. The molecule has 0 aliphatic carbocycles. The van der Waals surface area contributed by atoms with E-state index < -0.39 is 0 Å². The molecule has 126 valence electrons. The predicted octanol–water partition coefficient (Wildman–Crippen LogP) is 3.44. The summed E-state index contributed by atoms with van der Waals surface area (Å²) < 4.78 is 5.30. The van der Waals surface area contributed by atoms with Crippen LogP contribution >= 0.6 is 0 Å². The maximum atomic E-state index is 12.7. The Morgan fingerprint density at radius 2 is 1.96 bits per heavy atom. The minimum atomic E-state index is -0.0769. The van der Waals surface area contributed by atoms with Crippen molar-refractivity contribution in [2.45, 2.75) is 12.8 Å². The van der Waals surface area contributed by atoms with Crippen LogP contribution in [-0.4, -0.2) is 34.0 Å². The molecular formula is C20H19N3O2. The van der Waals surface area contributed by atoms with Gasteiger partial charge in [0, 0.05) is 37.1 Å². The van der Waals surface area contributed by atoms with Crippen LogP contribution in [0.4, 0.5) is 0 Å². The summed E-state index contributed by atoms with van der Waals surface area (Å²) in [6.45, 7) is 1.51. The van der Waals surface area contributed by atoms with Gasteiger partial charge < -0.3 is 9.42 Å². The molecule has 5 heteroatoms. The first kappa shape index (κ1) is 15.6. The van der Waals surface area contributed by atoms with Gasteiger partial charge in [-0.1, -0.05) is 35.5 Å². The summed E-state index contributed by atoms with van der Waals surface area (Å²) in [5.74, 6) is 0.707. The lowest BCUT2D eigenvalue weighted by Crippen LogP contribution is -2.28. The lowest BCUT2D eigenvalue weighted by atomic mass is 10.00. The van der Waals surface area contributed by atoms with Gasteiger partial charge in [0.1, 0.15) is 5.69 Å². The number of rotatable bonds is 4. The molecule has 4 rings (SSSR count). The number of benzene rings is 1. The number of nitrogens with zero attached hydrogens (tertiary/aromatic N) is 3. The molecule has 0 spiro atoms. The zero-order valence-corrected chi connectivity index (χ0v) is 13.8. The van der Waals surface area contributed by atoms with E-state index in [2.05, 4.69) is 10.1 Å². The SMILES string of the molecule is O=C(c1cc(-c2ccccc2)no1)N1CCC(Cc2ccncc2)C1. The fourth-order valence-corrected chi connectivity index (χ4v) is 3.31. The first-order chi connectivity index (χ1) is 12.3. The summed E-state index contributed by atoms with van der Waals surface area (Å²) >= 11 is 0. The second-order valence-corrected chi connectivity index (χ2v) is 6.41. The molecule has 3 heterocycles. The van der Waals surface area contributed by atoms with Gasteiger partial charge in [-0.2, -0.15) is 0 Å². The van der Waals surface area contributed by atoms with Gasteiger partial charge in [0.2, 0.25) is 5.76 Å². The Morgan fingerprint density at radius 3 is 2.76 bits per heavy atom. The average molecular weight is 333 g/mol. The standard InChI is InChI=1S/C20H19N3O2/c24-20(19-13-18(22-25-19)17-4-2-1-3-5-17)23-11-8-16(14-23)12-15-6-9-21-10-7-15/h1-7,9-10,13,16H,8,11-12,14H2. The third kappa shape index (κ3) is 3.45. The Kier molecular flexibility index (Phi) is 4.29. The quantitative estimate of drug-likeness (QED) is 0.734. The molecule has 2 aromatic heterocycles. The first-order valence-corrected chi connectivity index (χ1v) is 8.50. The summed E-state index contributed by atoms with van der Waals surface area (Å²) in [5, 5.41) is 4.04. The van der Waals surface area contributed by atoms with Gasteiger partial charge in [-0.3, -0.25) is 9.78 Å². The molecule has 1 saturated heterocycles. The van der Waals surface area contributed by atoms with Gasteiger partial charge in [-0.15, -0.1) is 0 Å². The van der Waals surface area contributed by atoms with Crippen LogP contribution in [0.1, 0.15) is 22.5 Å². The summed E-state index contributed by atoms with van der Waals surface area (Å²) in [4.78, 5) is 18.6. The minimum absolute atomic E-state index is 0.0769. The zero-order valence-electron chi connectivity index (χ0n) is 13.8. The van der Waals surface area contributed by atoms with Gasteiger partial charge in [0.15, 0.2) is 0 Å². The number of likely N-dealkylation sites (tertiary alicyclic amines) is 1. The molecule has 1 atom stereocenters. The Balaban J connectivity index is 1.41. The van der Waals surface area contributed by atoms with E-state index in [-0.39, 0.29) is 5.91 Å². The second kappa shape index (κ2) is 6.89. The van der Waals surface area contributed by atoms with Gasteiger partial charge in [-0.25, -0.2) is 0 Å². The molecule has 1 aliphatic rings. The normalized spacial score (nSPS) is 17.0. The van der Waals surface area contributed by atoms with E-state index in [0.29, 0.717) is 17.4 Å². The van der Waals surface area contributed by atoms with E-state index in [4.69, 9.17) is 4.52 Å². The fraction of sp³-hybridized carbons (Fsp3) is 0.250. The molecule has 0 N–H and O–H groups in total. The van der Waals surface area contributed by atoms with Gasteiger partial charge >= 0.3 is 0 Å². The third-order valence-corrected chi connectivity index (χ3v) is 4.64. The van der Waals surface area contributed by atoms with E-state index in [1.165, 1.54) is 5.56 Å². The Labute approximate surface area is 146 Å². The monoisotopic (exact) mass is 333 g/mol. The molecule has 1 aliphatic heterocycles. The van der Waals surface area contributed by atoms with Crippen LogP contribution < -0.4 is 0 Å². The molecule has 1 aromatic carbocycles. The molecule has 0 bridgehead atoms. The fourth-order valence-electron chi connectivity index (χ4n) is 3.31. The van der Waals surface area contributed by atoms with Crippen molar-refractivity contribution in [3.05, 3.63) is 72.2 Å². The van der Waals surface area contributed by atoms with Crippen molar-refractivity contribution in [1.82, 2.24) is 15.0 Å². The second-order valence-electron chi connectivity index (χ2n) is 6.41. The van der Waals surface area contributed by atoms with Crippen molar-refractivity contribution in [2.75, 3.05) is 13.1 Å². The van der Waals surface area contributed by atoms with E-state index in [1.807, 2.05) is 59.8 Å². The highest BCUT2D eigenvalue weighted by Crippen LogP contribution is 2.24. The average Bonchev–Trinajstić information content (AvgIpc) is 3.33. The molecular weight excluding hydrogens is 314 g/mol. The van der Waals surface area contributed by atoms with Crippen LogP contribution in [0.3, 0.4) is 0 Å². The Bertz CT molecular complexity index is 846. The van der Waals surface area contributed by atoms with Crippen molar-refractivity contribution < 1.29 is 9.32 Å². The number of amides is 1. The summed E-state index contributed by atoms with van der Waals surface area (Å²) in [6.07, 6.45) is 5.60. The Morgan fingerprint density at radius 1 is 1.16 bits per heavy atom. The topological polar surface area (TPSA) is 59.2 Å². The summed E-state index contributed by atoms with van der Waals surface area (Å²) in [6, 6.07) is 15.5. The van der Waals surface area contributed by atoms with Crippen LogP contribution in [0.15, 0.2) is 65.4 Å². The van der Waals surface area contributed by atoms with Crippen molar-refractivity contribution >= 4 is 5.91 Å². The van der Waals surface area contributed by atoms with Crippen LogP contribution in [-0.2, 0) is 6.42 Å². The predicted molar refractivity (Wildman–Crippen MR) is 93.9 cm³/mol. The number of hydrogen-bond donors (Lipinski definition) is 0. The van der Waals surface area contributed by atoms with Crippen molar-refractivity contribution in [1.29, 1.82) is 0 Å². The third-order valence-electron chi connectivity index (χ3n) is 4.64. The number of carbonyl (C=O) groups excluding carboxylic acids is 1. The van der Waals surface area contributed by atoms with Crippen LogP contribution in [0.2, 0.25) is 0 Å². The zero-order chi connectivity index (χ0) is 17.1. The Hall–Kier alpha value is -2.95. The van der Waals surface area contributed by atoms with Gasteiger partial charge in [0.05, 0.1) is 0 Å². The molecule has 1 unspecified atom stereocenters. The smallest absolute Gasteiger partial charge is 0.292 e. The van der Waals surface area contributed by atoms with Crippen molar-refractivity contribution in [3.63, 3.8) is 0 Å². The summed E-state index contributed by atoms with van der Waals surface area (Å²) in [7, 11) is 0. The van der Waals surface area contributed by atoms with Crippen LogP contribution in [0.5, 0.6) is 0 Å². The largest absolute Gasteiger partial charge is 0.350 e. The lowest BCUT2D eigenvalue weighted by molar-refractivity contribution is 0.0745. The van der Waals surface area contributed by atoms with Crippen LogP contribution in [0, 0.1) is 5.92 Å². The van der Waals surface area contributed by atoms with E-state index >= 15 is 0 Å². The first-order valence-electron chi connectivity index (χ1n) is 8.50. The maximum absolute atomic E-state index is 12.7. The lowest BCUT2D eigenvalue weighted by Gasteiger charge is -2.14. The van der Waals surface area contributed by atoms with Gasteiger partial charge in [-0.05, 0) is 36.5 Å². The number of hydrogen-bond acceptors (Lipinski definition) is 4. The highest BCUT2D eigenvalue weighted by Gasteiger charge is 2.29. The molecule has 1 amide bonds. The highest BCUT2D eigenvalue weighted by atomic mass is 16.5. The molecule has 5 nitrogen and oxygen atoms in total. The number of aromatic nitrogens is 2. The maximum Gasteiger partial charge on any atom is 0.292 e. The van der Waals surface area contributed by atoms with Crippen molar-refractivity contribution in [2.24, 2.45) is 5.92 Å².